The predicted molar refractivity (Wildman–Crippen MR) is 141 cm³/mol. The maximum absolute atomic E-state index is 12.8. The Bertz CT molecular complexity index is 1430. The Kier molecular flexibility index (Phi) is 5.66. The maximum Gasteiger partial charge on any atom is 0.410 e. The van der Waals surface area contributed by atoms with Crippen LogP contribution in [0.2, 0.25) is 0 Å². The van der Waals surface area contributed by atoms with E-state index in [1.807, 2.05) is 66.9 Å². The zero-order chi connectivity index (χ0) is 25.6. The molecule has 2 aliphatic rings. The summed E-state index contributed by atoms with van der Waals surface area (Å²) in [5.74, 6) is 2.61. The molecule has 1 N–H and O–H groups in total. The molecular weight excluding hydrogens is 468 g/mol. The van der Waals surface area contributed by atoms with Gasteiger partial charge in [0.1, 0.15) is 17.2 Å². The fourth-order valence-corrected chi connectivity index (χ4v) is 5.24. The molecule has 1 aromatic carbocycles. The standard InChI is InChI=1S/C27H30N8O2/c1-27(2,3)37-26(36)34-16-18-12-20(34)17-33(15-18)24-13-19(8-9-30-24)35-22-7-5-4-6-21(22)25(32-35)31-23-14-28-10-11-29-23/h4-11,13-14,18,20H,12,15-17H2,1-3H3,(H,29,31,32). The first-order valence-electron chi connectivity index (χ1n) is 12.6. The van der Waals surface area contributed by atoms with Crippen molar-refractivity contribution in [3.8, 4) is 5.69 Å². The second-order valence-corrected chi connectivity index (χ2v) is 10.7. The number of para-hydroxylation sites is 1. The smallest absolute Gasteiger partial charge is 0.410 e. The molecule has 2 fully saturated rings. The zero-order valence-corrected chi connectivity index (χ0v) is 21.2. The van der Waals surface area contributed by atoms with Gasteiger partial charge in [-0.25, -0.2) is 19.4 Å². The summed E-state index contributed by atoms with van der Waals surface area (Å²) in [5, 5.41) is 9.14. The number of anilines is 3. The van der Waals surface area contributed by atoms with Crippen molar-refractivity contribution in [2.24, 2.45) is 5.92 Å². The molecule has 0 radical (unpaired) electrons. The van der Waals surface area contributed by atoms with Crippen LogP contribution >= 0.6 is 0 Å². The molecular formula is C27H30N8O2. The molecule has 37 heavy (non-hydrogen) atoms. The number of hydrogen-bond donors (Lipinski definition) is 1. The van der Waals surface area contributed by atoms with Crippen molar-refractivity contribution in [1.82, 2.24) is 29.6 Å². The van der Waals surface area contributed by atoms with Gasteiger partial charge in [-0.1, -0.05) is 12.1 Å². The average molecular weight is 499 g/mol. The number of carbonyl (C=O) groups excluding carboxylic acids is 1. The molecule has 0 spiro atoms. The summed E-state index contributed by atoms with van der Waals surface area (Å²) in [6, 6.07) is 12.2. The Labute approximate surface area is 215 Å². The van der Waals surface area contributed by atoms with Gasteiger partial charge >= 0.3 is 6.09 Å². The molecule has 3 aromatic heterocycles. The summed E-state index contributed by atoms with van der Waals surface area (Å²) in [6.07, 6.45) is 7.54. The highest BCUT2D eigenvalue weighted by molar-refractivity contribution is 5.92. The molecule has 6 rings (SSSR count). The average Bonchev–Trinajstić information content (AvgIpc) is 3.40. The number of amides is 1. The molecule has 190 valence electrons. The fraction of sp³-hybridized carbons (Fsp3) is 0.370. The Balaban J connectivity index is 1.27. The monoisotopic (exact) mass is 498 g/mol. The number of likely N-dealkylation sites (tertiary alicyclic amines) is 1. The third-order valence-corrected chi connectivity index (χ3v) is 6.73. The van der Waals surface area contributed by atoms with Crippen molar-refractivity contribution in [3.05, 3.63) is 61.2 Å². The number of ether oxygens (including phenoxy) is 1. The summed E-state index contributed by atoms with van der Waals surface area (Å²) in [7, 11) is 0. The lowest BCUT2D eigenvalue weighted by molar-refractivity contribution is 0.0233. The van der Waals surface area contributed by atoms with E-state index in [9.17, 15) is 4.79 Å². The highest BCUT2D eigenvalue weighted by atomic mass is 16.6. The normalized spacial score (nSPS) is 19.3. The first-order valence-corrected chi connectivity index (χ1v) is 12.6. The lowest BCUT2D eigenvalue weighted by Crippen LogP contribution is -2.45. The molecule has 2 bridgehead atoms. The molecule has 2 aliphatic heterocycles. The van der Waals surface area contributed by atoms with Crippen molar-refractivity contribution in [3.63, 3.8) is 0 Å². The van der Waals surface area contributed by atoms with E-state index in [4.69, 9.17) is 9.84 Å². The minimum absolute atomic E-state index is 0.118. The van der Waals surface area contributed by atoms with Crippen molar-refractivity contribution in [2.45, 2.75) is 38.8 Å². The summed E-state index contributed by atoms with van der Waals surface area (Å²) < 4.78 is 7.58. The molecule has 1 amide bonds. The van der Waals surface area contributed by atoms with E-state index in [0.717, 1.165) is 48.5 Å². The van der Waals surface area contributed by atoms with Gasteiger partial charge in [0.2, 0.25) is 0 Å². The summed E-state index contributed by atoms with van der Waals surface area (Å²) in [4.78, 5) is 30.1. The largest absolute Gasteiger partial charge is 0.444 e. The van der Waals surface area contributed by atoms with Crippen molar-refractivity contribution in [1.29, 1.82) is 0 Å². The van der Waals surface area contributed by atoms with E-state index < -0.39 is 5.60 Å². The number of aromatic nitrogens is 5. The minimum atomic E-state index is -0.503. The van der Waals surface area contributed by atoms with E-state index in [1.165, 1.54) is 0 Å². The Hall–Kier alpha value is -4.21. The highest BCUT2D eigenvalue weighted by Crippen LogP contribution is 2.34. The van der Waals surface area contributed by atoms with E-state index in [0.29, 0.717) is 17.6 Å². The van der Waals surface area contributed by atoms with Crippen LogP contribution in [0, 0.1) is 5.92 Å². The SMILES string of the molecule is CC(C)(C)OC(=O)N1CC2CC1CN(c1cc(-n3nc(Nc4cnccn4)c4ccccc43)ccn1)C2. The van der Waals surface area contributed by atoms with E-state index in [-0.39, 0.29) is 12.1 Å². The van der Waals surface area contributed by atoms with Gasteiger partial charge in [0.15, 0.2) is 5.82 Å². The molecule has 10 heteroatoms. The topological polar surface area (TPSA) is 101 Å². The molecule has 0 aliphatic carbocycles. The fourth-order valence-electron chi connectivity index (χ4n) is 5.24. The highest BCUT2D eigenvalue weighted by Gasteiger charge is 2.42. The van der Waals surface area contributed by atoms with Crippen LogP contribution in [0.3, 0.4) is 0 Å². The van der Waals surface area contributed by atoms with Crippen LogP contribution in [0.25, 0.3) is 16.6 Å². The van der Waals surface area contributed by atoms with E-state index >= 15 is 0 Å². The molecule has 2 atom stereocenters. The molecule has 5 heterocycles. The van der Waals surface area contributed by atoms with Gasteiger partial charge < -0.3 is 19.9 Å². The van der Waals surface area contributed by atoms with Gasteiger partial charge in [-0.3, -0.25) is 4.98 Å². The summed E-state index contributed by atoms with van der Waals surface area (Å²) >= 11 is 0. The minimum Gasteiger partial charge on any atom is -0.444 e. The molecule has 4 aromatic rings. The van der Waals surface area contributed by atoms with E-state index in [1.54, 1.807) is 18.6 Å². The molecule has 2 saturated heterocycles. The number of fused-ring (bicyclic) bond motifs is 3. The maximum atomic E-state index is 12.8. The number of nitrogens with zero attached hydrogens (tertiary/aromatic N) is 7. The zero-order valence-electron chi connectivity index (χ0n) is 21.2. The number of hydrogen-bond acceptors (Lipinski definition) is 8. The van der Waals surface area contributed by atoms with Gasteiger partial charge in [0.25, 0.3) is 0 Å². The Morgan fingerprint density at radius 3 is 2.73 bits per heavy atom. The number of benzene rings is 1. The second kappa shape index (κ2) is 9.02. The van der Waals surface area contributed by atoms with Crippen LogP contribution in [0.4, 0.5) is 22.2 Å². The summed E-state index contributed by atoms with van der Waals surface area (Å²) in [6.45, 7) is 8.01. The predicted octanol–water partition coefficient (Wildman–Crippen LogP) is 4.40. The lowest BCUT2D eigenvalue weighted by Gasteiger charge is -2.34. The quantitative estimate of drug-likeness (QED) is 0.442. The van der Waals surface area contributed by atoms with Crippen LogP contribution in [0.1, 0.15) is 27.2 Å². The van der Waals surface area contributed by atoms with Gasteiger partial charge in [-0.15, -0.1) is 5.10 Å². The first-order chi connectivity index (χ1) is 17.8. The van der Waals surface area contributed by atoms with Gasteiger partial charge in [0, 0.05) is 49.7 Å². The number of nitrogens with one attached hydrogen (secondary N) is 1. The number of rotatable bonds is 4. The van der Waals surface area contributed by atoms with E-state index in [2.05, 4.69) is 31.2 Å². The van der Waals surface area contributed by atoms with Crippen molar-refractivity contribution < 1.29 is 9.53 Å². The second-order valence-electron chi connectivity index (χ2n) is 10.7. The van der Waals surface area contributed by atoms with Crippen LogP contribution in [-0.2, 0) is 4.74 Å². The lowest BCUT2D eigenvalue weighted by atomic mass is 10.00. The van der Waals surface area contributed by atoms with Crippen LogP contribution in [0.5, 0.6) is 0 Å². The Morgan fingerprint density at radius 1 is 1.05 bits per heavy atom. The number of piperidine rings is 1. The Morgan fingerprint density at radius 2 is 1.92 bits per heavy atom. The van der Waals surface area contributed by atoms with Crippen LogP contribution < -0.4 is 10.2 Å². The van der Waals surface area contributed by atoms with Gasteiger partial charge in [0.05, 0.1) is 23.4 Å². The number of carbonyl (C=O) groups is 1. The number of pyridine rings is 1. The van der Waals surface area contributed by atoms with Crippen LogP contribution in [-0.4, -0.2) is 67.0 Å². The van der Waals surface area contributed by atoms with Crippen LogP contribution in [0.15, 0.2) is 61.2 Å². The molecule has 10 nitrogen and oxygen atoms in total. The molecule has 0 saturated carbocycles. The van der Waals surface area contributed by atoms with Crippen molar-refractivity contribution in [2.75, 3.05) is 29.9 Å². The van der Waals surface area contributed by atoms with Gasteiger partial charge in [-0.05, 0) is 51.3 Å². The first kappa shape index (κ1) is 23.2. The summed E-state index contributed by atoms with van der Waals surface area (Å²) in [5.41, 5.74) is 1.38. The molecule has 2 unspecified atom stereocenters. The van der Waals surface area contributed by atoms with Gasteiger partial charge in [-0.2, -0.15) is 0 Å². The third kappa shape index (κ3) is 4.66. The van der Waals surface area contributed by atoms with Crippen molar-refractivity contribution >= 4 is 34.4 Å². The third-order valence-electron chi connectivity index (χ3n) is 6.73.